The summed E-state index contributed by atoms with van der Waals surface area (Å²) in [4.78, 5) is 44.2. The van der Waals surface area contributed by atoms with Crippen molar-refractivity contribution in [2.45, 2.75) is 68.8 Å². The molecular formula is C27H34N2O5S. The van der Waals surface area contributed by atoms with Crippen LogP contribution >= 0.6 is 11.8 Å². The Kier molecular flexibility index (Phi) is 6.79. The summed E-state index contributed by atoms with van der Waals surface area (Å²) in [6, 6.07) is 4.81. The molecule has 4 saturated carbocycles. The van der Waals surface area contributed by atoms with E-state index in [0.29, 0.717) is 64.7 Å². The van der Waals surface area contributed by atoms with Gasteiger partial charge in [0.25, 0.3) is 5.56 Å². The summed E-state index contributed by atoms with van der Waals surface area (Å²) in [7, 11) is 2.96. The fourth-order valence-corrected chi connectivity index (χ4v) is 8.28. The number of thioether (sulfide) groups is 1. The van der Waals surface area contributed by atoms with Crippen molar-refractivity contribution in [3.05, 3.63) is 34.1 Å². The van der Waals surface area contributed by atoms with Crippen LogP contribution in [0.4, 0.5) is 0 Å². The Balaban J connectivity index is 1.47. The Hall–Kier alpha value is -2.19. The highest BCUT2D eigenvalue weighted by Crippen LogP contribution is 2.61. The van der Waals surface area contributed by atoms with E-state index >= 15 is 0 Å². The zero-order chi connectivity index (χ0) is 24.7. The molecule has 1 heterocycles. The minimum Gasteiger partial charge on any atom is -0.465 e. The average Bonchev–Trinajstić information content (AvgIpc) is 2.83. The molecule has 8 heteroatoms. The number of fused-ring (bicyclic) bond motifs is 1. The Bertz CT molecular complexity index is 1170. The van der Waals surface area contributed by atoms with Crippen molar-refractivity contribution in [1.29, 1.82) is 0 Å². The number of aromatic nitrogens is 2. The Morgan fingerprint density at radius 2 is 1.80 bits per heavy atom. The maximum Gasteiger partial charge on any atom is 0.337 e. The molecule has 0 aliphatic heterocycles. The number of esters is 1. The second-order valence-electron chi connectivity index (χ2n) is 10.7. The summed E-state index contributed by atoms with van der Waals surface area (Å²) in [5.41, 5.74) is 0.423. The predicted octanol–water partition coefficient (Wildman–Crippen LogP) is 4.49. The number of rotatable bonds is 9. The molecule has 0 N–H and O–H groups in total. The number of Topliss-reactive ketones (excluding diaryl/α,β-unsaturated/α-hetero) is 1. The largest absolute Gasteiger partial charge is 0.465 e. The van der Waals surface area contributed by atoms with Gasteiger partial charge < -0.3 is 9.47 Å². The molecule has 4 aliphatic rings. The topological polar surface area (TPSA) is 87.5 Å². The molecule has 1 aromatic carbocycles. The standard InChI is InChI=1S/C27H34N2O5S/c1-16(23(30)27-13-17-9-18(14-27)11-19(10-17)15-27)35-26-28-22-12-20(25(32)34-3)5-6-21(22)24(31)29(26)7-4-8-33-2/h5-6,12,16-19H,4,7-11,13-15H2,1-3H3. The SMILES string of the molecule is COCCCn1c(SC(C)C(=O)C23CC4CC(CC(C4)C2)C3)nc2cc(C(=O)OC)ccc2c1=O. The first-order valence-corrected chi connectivity index (χ1v) is 13.5. The van der Waals surface area contributed by atoms with Crippen molar-refractivity contribution in [3.63, 3.8) is 0 Å². The van der Waals surface area contributed by atoms with E-state index in [2.05, 4.69) is 0 Å². The number of nitrogens with zero attached hydrogens (tertiary/aromatic N) is 2. The third-order valence-corrected chi connectivity index (χ3v) is 9.37. The molecule has 2 aromatic rings. The molecule has 4 fully saturated rings. The molecule has 0 spiro atoms. The minimum atomic E-state index is -0.475. The van der Waals surface area contributed by atoms with Gasteiger partial charge in [0.1, 0.15) is 0 Å². The van der Waals surface area contributed by atoms with E-state index < -0.39 is 5.97 Å². The average molecular weight is 499 g/mol. The van der Waals surface area contributed by atoms with E-state index in [1.54, 1.807) is 29.9 Å². The van der Waals surface area contributed by atoms with Gasteiger partial charge in [-0.15, -0.1) is 0 Å². The van der Waals surface area contributed by atoms with Gasteiger partial charge in [-0.2, -0.15) is 0 Å². The van der Waals surface area contributed by atoms with Gasteiger partial charge in [0.2, 0.25) is 0 Å². The van der Waals surface area contributed by atoms with Crippen LogP contribution in [0.25, 0.3) is 10.9 Å². The summed E-state index contributed by atoms with van der Waals surface area (Å²) in [6.07, 6.45) is 7.62. The third-order valence-electron chi connectivity index (χ3n) is 8.28. The first-order valence-electron chi connectivity index (χ1n) is 12.7. The van der Waals surface area contributed by atoms with Gasteiger partial charge >= 0.3 is 5.97 Å². The number of carbonyl (C=O) groups is 2. The first-order chi connectivity index (χ1) is 16.8. The van der Waals surface area contributed by atoms with Crippen LogP contribution in [0.15, 0.2) is 28.2 Å². The highest BCUT2D eigenvalue weighted by molar-refractivity contribution is 8.00. The maximum absolute atomic E-state index is 13.9. The number of hydrogen-bond acceptors (Lipinski definition) is 7. The lowest BCUT2D eigenvalue weighted by atomic mass is 9.48. The van der Waals surface area contributed by atoms with E-state index in [4.69, 9.17) is 14.5 Å². The van der Waals surface area contributed by atoms with Crippen molar-refractivity contribution < 1.29 is 19.1 Å². The van der Waals surface area contributed by atoms with Gasteiger partial charge in [0.15, 0.2) is 10.9 Å². The number of benzene rings is 1. The summed E-state index contributed by atoms with van der Waals surface area (Å²) in [5.74, 6) is 1.95. The number of methoxy groups -OCH3 is 2. The monoisotopic (exact) mass is 498 g/mol. The number of ether oxygens (including phenoxy) is 2. The fourth-order valence-electron chi connectivity index (χ4n) is 7.15. The van der Waals surface area contributed by atoms with Crippen molar-refractivity contribution in [2.75, 3.05) is 20.8 Å². The third kappa shape index (κ3) is 4.55. The number of ketones is 1. The molecule has 0 amide bonds. The van der Waals surface area contributed by atoms with Crippen LogP contribution in [0.1, 0.15) is 62.2 Å². The molecule has 35 heavy (non-hydrogen) atoms. The minimum absolute atomic E-state index is 0.167. The molecule has 6 rings (SSSR count). The second kappa shape index (κ2) is 9.69. The number of carbonyl (C=O) groups excluding carboxylic acids is 2. The van der Waals surface area contributed by atoms with E-state index in [1.807, 2.05) is 6.92 Å². The van der Waals surface area contributed by atoms with Gasteiger partial charge in [-0.25, -0.2) is 9.78 Å². The fraction of sp³-hybridized carbons (Fsp3) is 0.630. The van der Waals surface area contributed by atoms with Crippen molar-refractivity contribution in [3.8, 4) is 0 Å². The Morgan fingerprint density at radius 1 is 1.14 bits per heavy atom. The predicted molar refractivity (Wildman–Crippen MR) is 135 cm³/mol. The molecule has 4 aliphatic carbocycles. The molecule has 1 unspecified atom stereocenters. The van der Waals surface area contributed by atoms with Crippen molar-refractivity contribution >= 4 is 34.4 Å². The zero-order valence-electron chi connectivity index (χ0n) is 20.7. The van der Waals surface area contributed by atoms with E-state index in [9.17, 15) is 14.4 Å². The van der Waals surface area contributed by atoms with Gasteiger partial charge in [-0.1, -0.05) is 11.8 Å². The summed E-state index contributed by atoms with van der Waals surface area (Å²) in [6.45, 7) is 2.94. The van der Waals surface area contributed by atoms with Gasteiger partial charge in [0, 0.05) is 25.7 Å². The van der Waals surface area contributed by atoms with Crippen LogP contribution in [0.2, 0.25) is 0 Å². The van der Waals surface area contributed by atoms with Gasteiger partial charge in [-0.05, 0) is 87.8 Å². The van der Waals surface area contributed by atoms with Crippen LogP contribution < -0.4 is 5.56 Å². The number of hydrogen-bond donors (Lipinski definition) is 0. The maximum atomic E-state index is 13.9. The van der Waals surface area contributed by atoms with E-state index in [0.717, 1.165) is 19.3 Å². The van der Waals surface area contributed by atoms with Crippen LogP contribution in [-0.4, -0.2) is 47.4 Å². The van der Waals surface area contributed by atoms with Crippen LogP contribution in [0, 0.1) is 23.2 Å². The zero-order valence-corrected chi connectivity index (χ0v) is 21.6. The quantitative estimate of drug-likeness (QED) is 0.218. The first kappa shape index (κ1) is 24.5. The smallest absolute Gasteiger partial charge is 0.337 e. The van der Waals surface area contributed by atoms with Gasteiger partial charge in [-0.3, -0.25) is 14.2 Å². The lowest BCUT2D eigenvalue weighted by Crippen LogP contribution is -2.51. The van der Waals surface area contributed by atoms with Crippen LogP contribution in [-0.2, 0) is 20.8 Å². The molecule has 188 valence electrons. The lowest BCUT2D eigenvalue weighted by molar-refractivity contribution is -0.143. The van der Waals surface area contributed by atoms with Crippen LogP contribution in [0.3, 0.4) is 0 Å². The lowest BCUT2D eigenvalue weighted by Gasteiger charge is -2.56. The molecular weight excluding hydrogens is 464 g/mol. The Labute approximate surface area is 210 Å². The second-order valence-corrected chi connectivity index (χ2v) is 12.1. The molecule has 0 saturated heterocycles. The molecule has 4 bridgehead atoms. The molecule has 1 atom stereocenters. The molecule has 1 aromatic heterocycles. The normalized spacial score (nSPS) is 27.8. The Morgan fingerprint density at radius 3 is 2.40 bits per heavy atom. The summed E-state index contributed by atoms with van der Waals surface area (Å²) >= 11 is 1.38. The summed E-state index contributed by atoms with van der Waals surface area (Å²) < 4.78 is 11.7. The van der Waals surface area contributed by atoms with Crippen molar-refractivity contribution in [1.82, 2.24) is 9.55 Å². The molecule has 0 radical (unpaired) electrons. The summed E-state index contributed by atoms with van der Waals surface area (Å²) in [5, 5.41) is 0.666. The highest BCUT2D eigenvalue weighted by atomic mass is 32.2. The van der Waals surface area contributed by atoms with E-state index in [1.165, 1.54) is 38.1 Å². The van der Waals surface area contributed by atoms with Gasteiger partial charge in [0.05, 0.1) is 28.8 Å². The van der Waals surface area contributed by atoms with E-state index in [-0.39, 0.29) is 16.2 Å². The highest BCUT2D eigenvalue weighted by Gasteiger charge is 2.55. The molecule has 7 nitrogen and oxygen atoms in total. The van der Waals surface area contributed by atoms with Crippen molar-refractivity contribution in [2.24, 2.45) is 23.2 Å². The van der Waals surface area contributed by atoms with Crippen LogP contribution in [0.5, 0.6) is 0 Å².